The molecule has 1 aliphatic heterocycles. The SMILES string of the molecule is CON=CC1=CCCN(C(C)C)C1.Cl. The van der Waals surface area contributed by atoms with Crippen LogP contribution in [0.25, 0.3) is 0 Å². The first kappa shape index (κ1) is 13.5. The normalized spacial score (nSPS) is 18.1. The van der Waals surface area contributed by atoms with Crippen molar-refractivity contribution in [2.45, 2.75) is 26.3 Å². The smallest absolute Gasteiger partial charge is 0.106 e. The molecule has 0 aromatic rings. The molecule has 0 aromatic heterocycles. The molecule has 0 amide bonds. The second kappa shape index (κ2) is 6.85. The van der Waals surface area contributed by atoms with E-state index in [1.165, 1.54) is 5.57 Å². The molecule has 0 N–H and O–H groups in total. The lowest BCUT2D eigenvalue weighted by Crippen LogP contribution is -2.36. The van der Waals surface area contributed by atoms with E-state index >= 15 is 0 Å². The number of rotatable bonds is 3. The Hall–Kier alpha value is -0.540. The van der Waals surface area contributed by atoms with Gasteiger partial charge in [0.15, 0.2) is 0 Å². The Balaban J connectivity index is 0.00000169. The van der Waals surface area contributed by atoms with Crippen LogP contribution in [-0.2, 0) is 4.84 Å². The first-order chi connectivity index (χ1) is 6.24. The third-order valence-electron chi connectivity index (χ3n) is 2.26. The Morgan fingerprint density at radius 2 is 2.29 bits per heavy atom. The monoisotopic (exact) mass is 218 g/mol. The highest BCUT2D eigenvalue weighted by molar-refractivity contribution is 5.85. The Kier molecular flexibility index (Phi) is 6.58. The number of halogens is 1. The van der Waals surface area contributed by atoms with E-state index in [9.17, 15) is 0 Å². The highest BCUT2D eigenvalue weighted by Crippen LogP contribution is 2.10. The topological polar surface area (TPSA) is 24.8 Å². The van der Waals surface area contributed by atoms with E-state index in [-0.39, 0.29) is 12.4 Å². The van der Waals surface area contributed by atoms with Crippen LogP contribution < -0.4 is 0 Å². The molecular formula is C10H19ClN2O. The molecule has 0 bridgehead atoms. The maximum absolute atomic E-state index is 4.65. The molecule has 3 nitrogen and oxygen atoms in total. The van der Waals surface area contributed by atoms with Gasteiger partial charge in [0.1, 0.15) is 7.11 Å². The van der Waals surface area contributed by atoms with Crippen LogP contribution in [0.15, 0.2) is 16.8 Å². The average molecular weight is 219 g/mol. The van der Waals surface area contributed by atoms with Gasteiger partial charge in [-0.15, -0.1) is 12.4 Å². The summed E-state index contributed by atoms with van der Waals surface area (Å²) in [5.41, 5.74) is 1.25. The lowest BCUT2D eigenvalue weighted by atomic mass is 10.1. The molecule has 0 fully saturated rings. The van der Waals surface area contributed by atoms with Crippen molar-refractivity contribution in [1.82, 2.24) is 4.90 Å². The molecule has 0 saturated heterocycles. The standard InChI is InChI=1S/C10H18N2O.ClH/c1-9(2)12-6-4-5-10(8-12)7-11-13-3;/h5,7,9H,4,6,8H2,1-3H3;1H. The van der Waals surface area contributed by atoms with Crippen LogP contribution in [0.1, 0.15) is 20.3 Å². The van der Waals surface area contributed by atoms with Crippen molar-refractivity contribution >= 4 is 18.6 Å². The molecule has 1 heterocycles. The second-order valence-corrected chi connectivity index (χ2v) is 3.55. The fraction of sp³-hybridized carbons (Fsp3) is 0.700. The molecule has 0 radical (unpaired) electrons. The minimum Gasteiger partial charge on any atom is -0.399 e. The largest absolute Gasteiger partial charge is 0.399 e. The number of oxime groups is 1. The van der Waals surface area contributed by atoms with E-state index < -0.39 is 0 Å². The summed E-state index contributed by atoms with van der Waals surface area (Å²) in [6.07, 6.45) is 5.14. The summed E-state index contributed by atoms with van der Waals surface area (Å²) in [5.74, 6) is 0. The van der Waals surface area contributed by atoms with Gasteiger partial charge < -0.3 is 4.84 Å². The maximum Gasteiger partial charge on any atom is 0.106 e. The van der Waals surface area contributed by atoms with Gasteiger partial charge in [-0.3, -0.25) is 4.90 Å². The Bertz CT molecular complexity index is 214. The quantitative estimate of drug-likeness (QED) is 0.535. The minimum atomic E-state index is 0. The van der Waals surface area contributed by atoms with Crippen LogP contribution in [0, 0.1) is 0 Å². The summed E-state index contributed by atoms with van der Waals surface area (Å²) in [4.78, 5) is 7.08. The van der Waals surface area contributed by atoms with Gasteiger partial charge in [-0.05, 0) is 25.8 Å². The van der Waals surface area contributed by atoms with Crippen molar-refractivity contribution < 1.29 is 4.84 Å². The fourth-order valence-electron chi connectivity index (χ4n) is 1.45. The molecule has 14 heavy (non-hydrogen) atoms. The Morgan fingerprint density at radius 1 is 1.57 bits per heavy atom. The van der Waals surface area contributed by atoms with Crippen molar-refractivity contribution in [3.8, 4) is 0 Å². The van der Waals surface area contributed by atoms with E-state index in [1.54, 1.807) is 13.3 Å². The third kappa shape index (κ3) is 4.11. The molecule has 0 aliphatic carbocycles. The van der Waals surface area contributed by atoms with Gasteiger partial charge in [-0.25, -0.2) is 0 Å². The number of hydrogen-bond acceptors (Lipinski definition) is 3. The van der Waals surface area contributed by atoms with Crippen LogP contribution in [-0.4, -0.2) is 37.4 Å². The van der Waals surface area contributed by atoms with Crippen molar-refractivity contribution in [2.75, 3.05) is 20.2 Å². The van der Waals surface area contributed by atoms with Gasteiger partial charge in [-0.2, -0.15) is 0 Å². The summed E-state index contributed by atoms with van der Waals surface area (Å²) in [7, 11) is 1.57. The summed E-state index contributed by atoms with van der Waals surface area (Å²) in [6.45, 7) is 6.58. The Morgan fingerprint density at radius 3 is 2.86 bits per heavy atom. The number of hydrogen-bond donors (Lipinski definition) is 0. The van der Waals surface area contributed by atoms with Crippen LogP contribution in [0.5, 0.6) is 0 Å². The zero-order valence-corrected chi connectivity index (χ0v) is 9.88. The number of nitrogens with zero attached hydrogens (tertiary/aromatic N) is 2. The molecule has 4 heteroatoms. The summed E-state index contributed by atoms with van der Waals surface area (Å²) < 4.78 is 0. The Labute approximate surface area is 92.2 Å². The van der Waals surface area contributed by atoms with Gasteiger partial charge >= 0.3 is 0 Å². The molecule has 0 unspecified atom stereocenters. The first-order valence-corrected chi connectivity index (χ1v) is 4.73. The van der Waals surface area contributed by atoms with E-state index in [2.05, 4.69) is 34.8 Å². The molecular weight excluding hydrogens is 200 g/mol. The predicted octanol–water partition coefficient (Wildman–Crippen LogP) is 2.08. The van der Waals surface area contributed by atoms with Gasteiger partial charge in [0.2, 0.25) is 0 Å². The fourth-order valence-corrected chi connectivity index (χ4v) is 1.45. The highest BCUT2D eigenvalue weighted by Gasteiger charge is 2.13. The van der Waals surface area contributed by atoms with Gasteiger partial charge in [0, 0.05) is 19.1 Å². The van der Waals surface area contributed by atoms with Crippen molar-refractivity contribution in [3.05, 3.63) is 11.6 Å². The van der Waals surface area contributed by atoms with Crippen LogP contribution >= 0.6 is 12.4 Å². The molecule has 82 valence electrons. The summed E-state index contributed by atoms with van der Waals surface area (Å²) in [6, 6.07) is 0.611. The van der Waals surface area contributed by atoms with Crippen molar-refractivity contribution in [1.29, 1.82) is 0 Å². The summed E-state index contributed by atoms with van der Waals surface area (Å²) >= 11 is 0. The third-order valence-corrected chi connectivity index (χ3v) is 2.26. The maximum atomic E-state index is 4.65. The first-order valence-electron chi connectivity index (χ1n) is 4.73. The predicted molar refractivity (Wildman–Crippen MR) is 62.2 cm³/mol. The van der Waals surface area contributed by atoms with Crippen molar-refractivity contribution in [2.24, 2.45) is 5.16 Å². The molecule has 0 aromatic carbocycles. The molecule has 1 aliphatic rings. The van der Waals surface area contributed by atoms with Crippen molar-refractivity contribution in [3.63, 3.8) is 0 Å². The highest BCUT2D eigenvalue weighted by atomic mass is 35.5. The van der Waals surface area contributed by atoms with Crippen LogP contribution in [0.2, 0.25) is 0 Å². The minimum absolute atomic E-state index is 0. The second-order valence-electron chi connectivity index (χ2n) is 3.55. The van der Waals surface area contributed by atoms with Gasteiger partial charge in [0.25, 0.3) is 0 Å². The average Bonchev–Trinajstić information content (AvgIpc) is 2.15. The molecule has 0 spiro atoms. The van der Waals surface area contributed by atoms with E-state index in [1.807, 2.05) is 0 Å². The zero-order chi connectivity index (χ0) is 9.68. The molecule has 0 saturated carbocycles. The van der Waals surface area contributed by atoms with Crippen LogP contribution in [0.4, 0.5) is 0 Å². The van der Waals surface area contributed by atoms with Gasteiger partial charge in [0.05, 0.1) is 6.21 Å². The van der Waals surface area contributed by atoms with Gasteiger partial charge in [-0.1, -0.05) is 11.2 Å². The lowest BCUT2D eigenvalue weighted by Gasteiger charge is -2.29. The summed E-state index contributed by atoms with van der Waals surface area (Å²) in [5, 5.41) is 3.77. The van der Waals surface area contributed by atoms with Crippen LogP contribution in [0.3, 0.4) is 0 Å². The lowest BCUT2D eigenvalue weighted by molar-refractivity contribution is 0.213. The van der Waals surface area contributed by atoms with E-state index in [4.69, 9.17) is 0 Å². The van der Waals surface area contributed by atoms with E-state index in [0.717, 1.165) is 19.5 Å². The molecule has 0 atom stereocenters. The van der Waals surface area contributed by atoms with E-state index in [0.29, 0.717) is 6.04 Å². The zero-order valence-electron chi connectivity index (χ0n) is 9.06. The molecule has 1 rings (SSSR count).